The van der Waals surface area contributed by atoms with Crippen LogP contribution in [0, 0.1) is 13.8 Å². The van der Waals surface area contributed by atoms with Gasteiger partial charge in [-0.2, -0.15) is 0 Å². The summed E-state index contributed by atoms with van der Waals surface area (Å²) < 4.78 is 0. The van der Waals surface area contributed by atoms with Gasteiger partial charge in [-0.25, -0.2) is 0 Å². The fourth-order valence-electron chi connectivity index (χ4n) is 1.25. The first-order valence-corrected chi connectivity index (χ1v) is 4.70. The average molecular weight is 178 g/mol. The third-order valence-corrected chi connectivity index (χ3v) is 2.08. The van der Waals surface area contributed by atoms with Crippen LogP contribution in [0.5, 0.6) is 0 Å². The summed E-state index contributed by atoms with van der Waals surface area (Å²) >= 11 is 0. The molecule has 0 saturated heterocycles. The Morgan fingerprint density at radius 3 is 2.62 bits per heavy atom. The molecule has 0 atom stereocenters. The van der Waals surface area contributed by atoms with Crippen molar-refractivity contribution in [2.75, 3.05) is 25.5 Å². The number of rotatable bonds is 4. The summed E-state index contributed by atoms with van der Waals surface area (Å²) in [6.07, 6.45) is 0. The lowest BCUT2D eigenvalue weighted by atomic mass is 10.1. The van der Waals surface area contributed by atoms with E-state index in [4.69, 9.17) is 0 Å². The summed E-state index contributed by atoms with van der Waals surface area (Å²) in [6.45, 7) is 6.21. The van der Waals surface area contributed by atoms with Gasteiger partial charge in [-0.3, -0.25) is 0 Å². The molecule has 1 aromatic rings. The quantitative estimate of drug-likeness (QED) is 0.688. The van der Waals surface area contributed by atoms with Gasteiger partial charge in [0.15, 0.2) is 0 Å². The van der Waals surface area contributed by atoms with Gasteiger partial charge in [0.05, 0.1) is 0 Å². The van der Waals surface area contributed by atoms with Crippen molar-refractivity contribution in [2.45, 2.75) is 13.8 Å². The van der Waals surface area contributed by atoms with E-state index in [2.05, 4.69) is 42.7 Å². The van der Waals surface area contributed by atoms with E-state index in [0.29, 0.717) is 0 Å². The highest BCUT2D eigenvalue weighted by atomic mass is 14.9. The lowest BCUT2D eigenvalue weighted by Gasteiger charge is -2.09. The summed E-state index contributed by atoms with van der Waals surface area (Å²) in [4.78, 5) is 0. The Kier molecular flexibility index (Phi) is 3.77. The molecule has 0 unspecified atom stereocenters. The van der Waals surface area contributed by atoms with Crippen LogP contribution >= 0.6 is 0 Å². The molecule has 0 aliphatic heterocycles. The fourth-order valence-corrected chi connectivity index (χ4v) is 1.25. The Balaban J connectivity index is 2.59. The molecule has 0 spiro atoms. The van der Waals surface area contributed by atoms with E-state index < -0.39 is 0 Å². The summed E-state index contributed by atoms with van der Waals surface area (Å²) in [5, 5.41) is 6.50. The molecule has 13 heavy (non-hydrogen) atoms. The zero-order valence-electron chi connectivity index (χ0n) is 8.65. The minimum Gasteiger partial charge on any atom is -0.384 e. The second-order valence-corrected chi connectivity index (χ2v) is 3.35. The van der Waals surface area contributed by atoms with Gasteiger partial charge in [-0.05, 0) is 38.1 Å². The van der Waals surface area contributed by atoms with Gasteiger partial charge >= 0.3 is 0 Å². The molecule has 0 aromatic heterocycles. The van der Waals surface area contributed by atoms with Gasteiger partial charge in [0, 0.05) is 18.8 Å². The first-order valence-electron chi connectivity index (χ1n) is 4.70. The molecule has 2 N–H and O–H groups in total. The molecule has 1 aromatic carbocycles. The van der Waals surface area contributed by atoms with Crippen molar-refractivity contribution in [1.29, 1.82) is 0 Å². The fraction of sp³-hybridized carbons (Fsp3) is 0.455. The van der Waals surface area contributed by atoms with Crippen LogP contribution in [0.25, 0.3) is 0 Å². The molecule has 0 saturated carbocycles. The second kappa shape index (κ2) is 4.87. The van der Waals surface area contributed by atoms with E-state index >= 15 is 0 Å². The topological polar surface area (TPSA) is 24.1 Å². The van der Waals surface area contributed by atoms with Gasteiger partial charge < -0.3 is 10.6 Å². The van der Waals surface area contributed by atoms with Crippen LogP contribution in [0.1, 0.15) is 11.1 Å². The summed E-state index contributed by atoms with van der Waals surface area (Å²) in [6, 6.07) is 6.47. The number of hydrogen-bond donors (Lipinski definition) is 2. The van der Waals surface area contributed by atoms with E-state index in [1.54, 1.807) is 0 Å². The lowest BCUT2D eigenvalue weighted by molar-refractivity contribution is 0.823. The SMILES string of the molecule is CNCCNc1cc(C)ccc1C. The standard InChI is InChI=1S/C11H18N2/c1-9-4-5-10(2)11(8-9)13-7-6-12-3/h4-5,8,12-13H,6-7H2,1-3H3. The maximum absolute atomic E-state index is 3.39. The van der Waals surface area contributed by atoms with Crippen LogP contribution in [0.15, 0.2) is 18.2 Å². The van der Waals surface area contributed by atoms with E-state index in [0.717, 1.165) is 13.1 Å². The number of likely N-dealkylation sites (N-methyl/N-ethyl adjacent to an activating group) is 1. The molecule has 0 amide bonds. The zero-order chi connectivity index (χ0) is 9.68. The maximum atomic E-state index is 3.39. The molecule has 2 heteroatoms. The Hall–Kier alpha value is -1.02. The van der Waals surface area contributed by atoms with Crippen LogP contribution in [0.3, 0.4) is 0 Å². The number of anilines is 1. The molecule has 2 nitrogen and oxygen atoms in total. The van der Waals surface area contributed by atoms with E-state index in [-0.39, 0.29) is 0 Å². The highest BCUT2D eigenvalue weighted by Crippen LogP contribution is 2.15. The highest BCUT2D eigenvalue weighted by molar-refractivity contribution is 5.52. The predicted molar refractivity (Wildman–Crippen MR) is 58.3 cm³/mol. The third kappa shape index (κ3) is 3.07. The van der Waals surface area contributed by atoms with Gasteiger partial charge in [0.1, 0.15) is 0 Å². The molecule has 0 aliphatic rings. The molecular formula is C11H18N2. The smallest absolute Gasteiger partial charge is 0.0372 e. The van der Waals surface area contributed by atoms with Crippen molar-refractivity contribution in [2.24, 2.45) is 0 Å². The van der Waals surface area contributed by atoms with Crippen molar-refractivity contribution in [3.63, 3.8) is 0 Å². The molecule has 1 rings (SSSR count). The third-order valence-electron chi connectivity index (χ3n) is 2.08. The van der Waals surface area contributed by atoms with Crippen LogP contribution in [-0.2, 0) is 0 Å². The second-order valence-electron chi connectivity index (χ2n) is 3.35. The van der Waals surface area contributed by atoms with Crippen molar-refractivity contribution in [3.05, 3.63) is 29.3 Å². The normalized spacial score (nSPS) is 10.1. The Morgan fingerprint density at radius 2 is 1.92 bits per heavy atom. The van der Waals surface area contributed by atoms with E-state index in [1.165, 1.54) is 16.8 Å². The first-order chi connectivity index (χ1) is 6.24. The van der Waals surface area contributed by atoms with E-state index in [9.17, 15) is 0 Å². The van der Waals surface area contributed by atoms with E-state index in [1.807, 2.05) is 7.05 Å². The highest BCUT2D eigenvalue weighted by Gasteiger charge is 1.96. The number of hydrogen-bond acceptors (Lipinski definition) is 2. The monoisotopic (exact) mass is 178 g/mol. The molecule has 0 fully saturated rings. The molecule has 0 heterocycles. The van der Waals surface area contributed by atoms with Crippen LogP contribution < -0.4 is 10.6 Å². The minimum absolute atomic E-state index is 0.973. The summed E-state index contributed by atoms with van der Waals surface area (Å²) in [5.74, 6) is 0. The van der Waals surface area contributed by atoms with Crippen LogP contribution in [0.4, 0.5) is 5.69 Å². The average Bonchev–Trinajstić information content (AvgIpc) is 2.11. The molecule has 0 bridgehead atoms. The molecule has 0 radical (unpaired) electrons. The number of aryl methyl sites for hydroxylation is 2. The lowest BCUT2D eigenvalue weighted by Crippen LogP contribution is -2.18. The minimum atomic E-state index is 0.973. The Labute approximate surface area is 80.4 Å². The predicted octanol–water partition coefficient (Wildman–Crippen LogP) is 1.93. The van der Waals surface area contributed by atoms with Crippen molar-refractivity contribution in [1.82, 2.24) is 5.32 Å². The molecular weight excluding hydrogens is 160 g/mol. The maximum Gasteiger partial charge on any atom is 0.0372 e. The van der Waals surface area contributed by atoms with Crippen LogP contribution in [-0.4, -0.2) is 20.1 Å². The van der Waals surface area contributed by atoms with Gasteiger partial charge in [0.2, 0.25) is 0 Å². The van der Waals surface area contributed by atoms with Crippen LogP contribution in [0.2, 0.25) is 0 Å². The summed E-state index contributed by atoms with van der Waals surface area (Å²) in [7, 11) is 1.96. The zero-order valence-corrected chi connectivity index (χ0v) is 8.65. The summed E-state index contributed by atoms with van der Waals surface area (Å²) in [5.41, 5.74) is 3.86. The largest absolute Gasteiger partial charge is 0.384 e. The van der Waals surface area contributed by atoms with Gasteiger partial charge in [-0.15, -0.1) is 0 Å². The first kappa shape index (κ1) is 10.1. The van der Waals surface area contributed by atoms with Crippen molar-refractivity contribution >= 4 is 5.69 Å². The van der Waals surface area contributed by atoms with Gasteiger partial charge in [0.25, 0.3) is 0 Å². The molecule has 0 aliphatic carbocycles. The van der Waals surface area contributed by atoms with Gasteiger partial charge in [-0.1, -0.05) is 12.1 Å². The Bertz CT molecular complexity index is 269. The Morgan fingerprint density at radius 1 is 1.15 bits per heavy atom. The molecule has 72 valence electrons. The van der Waals surface area contributed by atoms with Crippen molar-refractivity contribution in [3.8, 4) is 0 Å². The van der Waals surface area contributed by atoms with Crippen molar-refractivity contribution < 1.29 is 0 Å². The number of nitrogens with one attached hydrogen (secondary N) is 2. The number of benzene rings is 1.